The van der Waals surface area contributed by atoms with Gasteiger partial charge < -0.3 is 15.0 Å². The summed E-state index contributed by atoms with van der Waals surface area (Å²) in [7, 11) is 0. The summed E-state index contributed by atoms with van der Waals surface area (Å²) in [5, 5.41) is 5.09. The fourth-order valence-corrected chi connectivity index (χ4v) is 3.68. The van der Waals surface area contributed by atoms with Crippen molar-refractivity contribution in [3.05, 3.63) is 52.0 Å². The van der Waals surface area contributed by atoms with E-state index in [1.54, 1.807) is 6.07 Å². The predicted octanol–water partition coefficient (Wildman–Crippen LogP) is 6.18. The number of hydrogen-bond donors (Lipinski definition) is 1. The Bertz CT molecular complexity index is 947. The van der Waals surface area contributed by atoms with Crippen molar-refractivity contribution >= 4 is 28.4 Å². The average molecular weight is 387 g/mol. The minimum absolute atomic E-state index is 0.349. The van der Waals surface area contributed by atoms with Crippen LogP contribution in [0, 0.1) is 5.41 Å². The first kappa shape index (κ1) is 19.6. The highest BCUT2D eigenvalue weighted by Gasteiger charge is 2.25. The van der Waals surface area contributed by atoms with Crippen molar-refractivity contribution < 1.29 is 9.26 Å². The molecule has 144 valence electrons. The van der Waals surface area contributed by atoms with Crippen LogP contribution in [0.4, 0.5) is 5.82 Å². The summed E-state index contributed by atoms with van der Waals surface area (Å²) in [6.07, 6.45) is 3.43. The van der Waals surface area contributed by atoms with E-state index in [2.05, 4.69) is 31.1 Å². The van der Waals surface area contributed by atoms with Gasteiger partial charge in [-0.1, -0.05) is 50.5 Å². The van der Waals surface area contributed by atoms with E-state index in [-0.39, 0.29) is 0 Å². The Morgan fingerprint density at radius 1 is 1.19 bits per heavy atom. The van der Waals surface area contributed by atoms with Crippen molar-refractivity contribution in [3.8, 4) is 5.75 Å². The van der Waals surface area contributed by atoms with Gasteiger partial charge in [0.1, 0.15) is 12.4 Å². The molecule has 0 atom stereocenters. The van der Waals surface area contributed by atoms with Crippen LogP contribution in [0.2, 0.25) is 5.02 Å². The first-order valence-electron chi connectivity index (χ1n) is 9.49. The highest BCUT2D eigenvalue weighted by atomic mass is 35.5. The molecular weight excluding hydrogens is 360 g/mol. The molecule has 1 heterocycles. The first-order chi connectivity index (χ1) is 12.9. The number of nitrogens with zero attached hydrogens (tertiary/aromatic N) is 1. The molecule has 2 N–H and O–H groups in total. The molecular formula is C22H27ClN2O2. The van der Waals surface area contributed by atoms with Crippen LogP contribution in [0.3, 0.4) is 0 Å². The summed E-state index contributed by atoms with van der Waals surface area (Å²) in [4.78, 5) is 0. The number of anilines is 1. The lowest BCUT2D eigenvalue weighted by atomic mass is 9.74. The van der Waals surface area contributed by atoms with E-state index in [4.69, 9.17) is 26.6 Å². The van der Waals surface area contributed by atoms with Crippen LogP contribution < -0.4 is 10.5 Å². The Balaban J connectivity index is 0.00000102. The molecule has 1 aliphatic carbocycles. The fraction of sp³-hybridized carbons (Fsp3) is 0.409. The second-order valence-electron chi connectivity index (χ2n) is 7.57. The highest BCUT2D eigenvalue weighted by molar-refractivity contribution is 6.32. The molecule has 0 unspecified atom stereocenters. The Labute approximate surface area is 165 Å². The maximum atomic E-state index is 6.34. The number of aryl methyl sites for hydroxylation is 1. The van der Waals surface area contributed by atoms with Gasteiger partial charge in [0.2, 0.25) is 0 Å². The van der Waals surface area contributed by atoms with Crippen molar-refractivity contribution in [1.29, 1.82) is 0 Å². The lowest BCUT2D eigenvalue weighted by molar-refractivity contribution is 0.299. The number of benzene rings is 2. The monoisotopic (exact) mass is 386 g/mol. The lowest BCUT2D eigenvalue weighted by Gasteiger charge is -2.31. The second kappa shape index (κ2) is 7.81. The quantitative estimate of drug-likeness (QED) is 0.583. The Hall–Kier alpha value is -2.20. The third-order valence-electron chi connectivity index (χ3n) is 4.98. The summed E-state index contributed by atoms with van der Waals surface area (Å²) in [5.74, 6) is 1.22. The Morgan fingerprint density at radius 2 is 1.96 bits per heavy atom. The minimum atomic E-state index is 0.349. The van der Waals surface area contributed by atoms with Crippen LogP contribution in [0.5, 0.6) is 5.75 Å². The van der Waals surface area contributed by atoms with Crippen LogP contribution in [0.25, 0.3) is 11.0 Å². The summed E-state index contributed by atoms with van der Waals surface area (Å²) < 4.78 is 11.2. The van der Waals surface area contributed by atoms with Crippen molar-refractivity contribution in [3.63, 3.8) is 0 Å². The first-order valence-corrected chi connectivity index (χ1v) is 9.87. The Morgan fingerprint density at radius 3 is 2.74 bits per heavy atom. The lowest BCUT2D eigenvalue weighted by Crippen LogP contribution is -2.22. The molecule has 0 fully saturated rings. The maximum absolute atomic E-state index is 6.34. The number of hydrogen-bond acceptors (Lipinski definition) is 4. The standard InChI is InChI=1S/C20H21ClN2O2.C2H6/c1-20(2)6-5-12-7-15(4-3-13(12)10-20)24-11-14-8-18-16(9-17(14)21)19(22)23-25-18;1-2/h3-4,7-9H,5-6,10-11H2,1-2H3,(H2,22,23);1-2H3. The number of ether oxygens (including phenoxy) is 1. The van der Waals surface area contributed by atoms with Crippen molar-refractivity contribution in [2.24, 2.45) is 5.41 Å². The third kappa shape index (κ3) is 4.22. The summed E-state index contributed by atoms with van der Waals surface area (Å²) >= 11 is 6.34. The molecule has 4 nitrogen and oxygen atoms in total. The third-order valence-corrected chi connectivity index (χ3v) is 5.33. The van der Waals surface area contributed by atoms with Gasteiger partial charge in [0, 0.05) is 10.6 Å². The molecule has 0 spiro atoms. The molecule has 27 heavy (non-hydrogen) atoms. The number of aromatic nitrogens is 1. The molecule has 2 aromatic carbocycles. The van der Waals surface area contributed by atoms with Gasteiger partial charge in [0.15, 0.2) is 11.4 Å². The number of rotatable bonds is 3. The number of halogens is 1. The van der Waals surface area contributed by atoms with E-state index >= 15 is 0 Å². The van der Waals surface area contributed by atoms with Crippen LogP contribution in [-0.2, 0) is 19.4 Å². The molecule has 0 bridgehead atoms. The smallest absolute Gasteiger partial charge is 0.174 e. The summed E-state index contributed by atoms with van der Waals surface area (Å²) in [6, 6.07) is 9.99. The van der Waals surface area contributed by atoms with Crippen LogP contribution in [-0.4, -0.2) is 5.16 Å². The van der Waals surface area contributed by atoms with Crippen molar-refractivity contribution in [2.75, 3.05) is 5.73 Å². The SMILES string of the molecule is CC.CC1(C)CCc2cc(OCc3cc4onc(N)c4cc3Cl)ccc2C1. The Kier molecular flexibility index (Phi) is 5.66. The summed E-state index contributed by atoms with van der Waals surface area (Å²) in [6.45, 7) is 9.03. The van der Waals surface area contributed by atoms with E-state index in [1.165, 1.54) is 17.5 Å². The highest BCUT2D eigenvalue weighted by Crippen LogP contribution is 2.36. The van der Waals surface area contributed by atoms with Crippen molar-refractivity contribution in [1.82, 2.24) is 5.16 Å². The van der Waals surface area contributed by atoms with Gasteiger partial charge in [-0.15, -0.1) is 0 Å². The molecule has 5 heteroatoms. The van der Waals surface area contributed by atoms with Gasteiger partial charge in [-0.2, -0.15) is 0 Å². The normalized spacial score (nSPS) is 15.0. The molecule has 0 saturated heterocycles. The fourth-order valence-electron chi connectivity index (χ4n) is 3.46. The van der Waals surface area contributed by atoms with Crippen LogP contribution >= 0.6 is 11.6 Å². The summed E-state index contributed by atoms with van der Waals surface area (Å²) in [5.41, 5.74) is 10.4. The molecule has 4 rings (SSSR count). The largest absolute Gasteiger partial charge is 0.489 e. The zero-order valence-electron chi connectivity index (χ0n) is 16.4. The predicted molar refractivity (Wildman–Crippen MR) is 111 cm³/mol. The van der Waals surface area contributed by atoms with Gasteiger partial charge >= 0.3 is 0 Å². The van der Waals surface area contributed by atoms with E-state index in [0.717, 1.165) is 29.5 Å². The maximum Gasteiger partial charge on any atom is 0.174 e. The molecule has 1 aliphatic rings. The molecule has 0 saturated carbocycles. The molecule has 3 aromatic rings. The molecule has 1 aromatic heterocycles. The van der Waals surface area contributed by atoms with Gasteiger partial charge in [-0.3, -0.25) is 0 Å². The van der Waals surface area contributed by atoms with E-state index in [9.17, 15) is 0 Å². The second-order valence-corrected chi connectivity index (χ2v) is 7.97. The van der Waals surface area contributed by atoms with E-state index in [1.807, 2.05) is 26.0 Å². The van der Waals surface area contributed by atoms with Crippen molar-refractivity contribution in [2.45, 2.75) is 53.6 Å². The van der Waals surface area contributed by atoms with Crippen LogP contribution in [0.1, 0.15) is 50.8 Å². The zero-order valence-corrected chi connectivity index (χ0v) is 17.2. The van der Waals surface area contributed by atoms with E-state index in [0.29, 0.717) is 28.4 Å². The van der Waals surface area contributed by atoms with Crippen LogP contribution in [0.15, 0.2) is 34.9 Å². The van der Waals surface area contributed by atoms with Gasteiger partial charge in [-0.05, 0) is 60.1 Å². The van der Waals surface area contributed by atoms with Gasteiger partial charge in [0.05, 0.1) is 5.39 Å². The average Bonchev–Trinajstić information content (AvgIpc) is 3.01. The topological polar surface area (TPSA) is 61.3 Å². The van der Waals surface area contributed by atoms with Gasteiger partial charge in [0.25, 0.3) is 0 Å². The number of nitrogen functional groups attached to an aromatic ring is 1. The molecule has 0 aliphatic heterocycles. The minimum Gasteiger partial charge on any atom is -0.489 e. The van der Waals surface area contributed by atoms with E-state index < -0.39 is 0 Å². The molecule has 0 amide bonds. The number of nitrogens with two attached hydrogens (primary N) is 1. The molecule has 0 radical (unpaired) electrons. The number of fused-ring (bicyclic) bond motifs is 2. The zero-order chi connectivity index (χ0) is 19.6. The van der Waals surface area contributed by atoms with Gasteiger partial charge in [-0.25, -0.2) is 0 Å².